The Labute approximate surface area is 253 Å². The minimum absolute atomic E-state index is 0.0102. The van der Waals surface area contributed by atoms with Crippen molar-refractivity contribution in [2.45, 2.75) is 42.3 Å². The lowest BCUT2D eigenvalue weighted by molar-refractivity contribution is -0.117. The van der Waals surface area contributed by atoms with Crippen LogP contribution in [-0.2, 0) is 15.3 Å². The van der Waals surface area contributed by atoms with Gasteiger partial charge in [0.05, 0.1) is 18.2 Å². The first-order chi connectivity index (χ1) is 20.5. The molecule has 1 N–H and O–H groups in total. The van der Waals surface area contributed by atoms with Crippen molar-refractivity contribution in [3.63, 3.8) is 0 Å². The van der Waals surface area contributed by atoms with Gasteiger partial charge in [-0.15, -0.1) is 10.2 Å². The fraction of sp³-hybridized carbons (Fsp3) is 0.212. The minimum atomic E-state index is -0.899. The van der Waals surface area contributed by atoms with Crippen molar-refractivity contribution in [3.8, 4) is 5.75 Å². The summed E-state index contributed by atoms with van der Waals surface area (Å²) in [7, 11) is 0. The second kappa shape index (κ2) is 14.1. The summed E-state index contributed by atoms with van der Waals surface area (Å²) < 4.78 is 6.65. The summed E-state index contributed by atoms with van der Waals surface area (Å²) in [5.74, 6) is -0.422. The van der Waals surface area contributed by atoms with Crippen LogP contribution in [0.5, 0.6) is 5.75 Å². The van der Waals surface area contributed by atoms with Crippen molar-refractivity contribution in [1.82, 2.24) is 10.2 Å². The van der Waals surface area contributed by atoms with E-state index in [1.54, 1.807) is 6.08 Å². The number of carbonyl (C=O) groups excluding carboxylic acids is 2. The number of ether oxygens (including phenoxy) is 1. The van der Waals surface area contributed by atoms with Crippen LogP contribution in [0.3, 0.4) is 0 Å². The Hall–Kier alpha value is -4.21. The number of carbonyl (C=O) groups is 2. The van der Waals surface area contributed by atoms with Crippen LogP contribution in [0.25, 0.3) is 6.08 Å². The number of benzene rings is 3. The largest absolute Gasteiger partial charge is 0.503 e. The minimum Gasteiger partial charge on any atom is -0.503 e. The number of aromatic nitrogens is 2. The first-order valence-electron chi connectivity index (χ1n) is 13.8. The quantitative estimate of drug-likeness (QED) is 0.0735. The van der Waals surface area contributed by atoms with Gasteiger partial charge in [0.15, 0.2) is 15.9 Å². The van der Waals surface area contributed by atoms with Crippen LogP contribution in [-0.4, -0.2) is 33.6 Å². The smallest absolute Gasteiger partial charge is 0.296 e. The third kappa shape index (κ3) is 6.98. The summed E-state index contributed by atoms with van der Waals surface area (Å²) >= 11 is 2.76. The fourth-order valence-electron chi connectivity index (χ4n) is 4.59. The zero-order chi connectivity index (χ0) is 29.3. The number of aliphatic hydroxyl groups is 1. The first-order valence-corrected chi connectivity index (χ1v) is 15.6. The van der Waals surface area contributed by atoms with Crippen LogP contribution in [0.2, 0.25) is 0 Å². The molecule has 3 aromatic carbocycles. The molecule has 1 atom stereocenters. The second-order valence-corrected chi connectivity index (χ2v) is 11.9. The highest BCUT2D eigenvalue weighted by molar-refractivity contribution is 8.00. The second-order valence-electron chi connectivity index (χ2n) is 9.70. The van der Waals surface area contributed by atoms with E-state index in [-0.39, 0.29) is 5.57 Å². The Morgan fingerprint density at radius 1 is 1.02 bits per heavy atom. The number of unbranched alkanes of at least 4 members (excludes halogenated alkanes) is 2. The molecule has 0 fully saturated rings. The molecular weight excluding hydrogens is 567 g/mol. The maximum Gasteiger partial charge on any atom is 0.296 e. The molecule has 42 heavy (non-hydrogen) atoms. The third-order valence-electron chi connectivity index (χ3n) is 6.70. The van der Waals surface area contributed by atoms with Gasteiger partial charge in [0.2, 0.25) is 5.13 Å². The van der Waals surface area contributed by atoms with Crippen molar-refractivity contribution in [1.29, 1.82) is 0 Å². The van der Waals surface area contributed by atoms with Gasteiger partial charge in [0, 0.05) is 5.75 Å². The Morgan fingerprint density at radius 2 is 1.79 bits per heavy atom. The molecule has 4 aromatic rings. The average Bonchev–Trinajstić information content (AvgIpc) is 3.60. The summed E-state index contributed by atoms with van der Waals surface area (Å²) in [4.78, 5) is 28.5. The van der Waals surface area contributed by atoms with Crippen molar-refractivity contribution in [2.24, 2.45) is 0 Å². The zero-order valence-electron chi connectivity index (χ0n) is 23.2. The molecule has 0 aliphatic carbocycles. The maximum atomic E-state index is 13.6. The number of rotatable bonds is 13. The van der Waals surface area contributed by atoms with Crippen molar-refractivity contribution < 1.29 is 19.4 Å². The molecule has 7 nitrogen and oxygen atoms in total. The highest BCUT2D eigenvalue weighted by Gasteiger charge is 2.45. The van der Waals surface area contributed by atoms with Gasteiger partial charge in [0.25, 0.3) is 5.91 Å². The summed E-state index contributed by atoms with van der Waals surface area (Å²) in [6.07, 6.45) is 6.13. The van der Waals surface area contributed by atoms with Gasteiger partial charge in [-0.3, -0.25) is 14.5 Å². The Bertz CT molecular complexity index is 1590. The van der Waals surface area contributed by atoms with Crippen LogP contribution in [0, 0.1) is 0 Å². The summed E-state index contributed by atoms with van der Waals surface area (Å²) in [5, 5.41) is 20.0. The van der Waals surface area contributed by atoms with Crippen LogP contribution in [0.4, 0.5) is 5.13 Å². The lowest BCUT2D eigenvalue weighted by Gasteiger charge is -2.24. The standard InChI is InChI=1S/C33H31N3O4S2/c1-2-3-10-20-40-26-17-11-16-25(21-26)29-28(27(37)19-18-23-12-6-4-7-13-23)30(38)31(39)36(29)32-34-35-33(42-32)41-22-24-14-8-5-9-15-24/h4-9,11-19,21,29,38H,2-3,10,20,22H2,1H3/b19-18+. The molecule has 0 bridgehead atoms. The average molecular weight is 598 g/mol. The van der Waals surface area contributed by atoms with Gasteiger partial charge in [-0.05, 0) is 41.3 Å². The predicted octanol–water partition coefficient (Wildman–Crippen LogP) is 7.58. The van der Waals surface area contributed by atoms with Crippen LogP contribution >= 0.6 is 23.1 Å². The van der Waals surface area contributed by atoms with Gasteiger partial charge >= 0.3 is 0 Å². The van der Waals surface area contributed by atoms with E-state index in [0.717, 1.165) is 30.4 Å². The van der Waals surface area contributed by atoms with Crippen LogP contribution < -0.4 is 9.64 Å². The lowest BCUT2D eigenvalue weighted by Crippen LogP contribution is -2.30. The zero-order valence-corrected chi connectivity index (χ0v) is 24.8. The maximum absolute atomic E-state index is 13.6. The van der Waals surface area contributed by atoms with E-state index in [0.29, 0.717) is 33.1 Å². The van der Waals surface area contributed by atoms with E-state index in [1.807, 2.05) is 84.9 Å². The van der Waals surface area contributed by atoms with Gasteiger partial charge in [0.1, 0.15) is 5.75 Å². The number of thioether (sulfide) groups is 1. The molecule has 1 amide bonds. The van der Waals surface area contributed by atoms with Gasteiger partial charge < -0.3 is 9.84 Å². The Morgan fingerprint density at radius 3 is 2.55 bits per heavy atom. The number of allylic oxidation sites excluding steroid dienone is 1. The normalized spacial score (nSPS) is 15.1. The molecule has 1 aliphatic heterocycles. The first kappa shape index (κ1) is 29.3. The Kier molecular flexibility index (Phi) is 9.84. The molecule has 214 valence electrons. The van der Waals surface area contributed by atoms with Gasteiger partial charge in [-0.1, -0.05) is 122 Å². The third-order valence-corrected chi connectivity index (χ3v) is 8.82. The molecule has 0 saturated carbocycles. The highest BCUT2D eigenvalue weighted by atomic mass is 32.2. The molecule has 5 rings (SSSR count). The van der Waals surface area contributed by atoms with E-state index in [9.17, 15) is 14.7 Å². The molecule has 0 saturated heterocycles. The van der Waals surface area contributed by atoms with E-state index in [4.69, 9.17) is 4.74 Å². The van der Waals surface area contributed by atoms with Crippen molar-refractivity contribution in [2.75, 3.05) is 11.5 Å². The Balaban J connectivity index is 1.46. The summed E-state index contributed by atoms with van der Waals surface area (Å²) in [6, 6.07) is 25.8. The number of hydrogen-bond donors (Lipinski definition) is 1. The van der Waals surface area contributed by atoms with Gasteiger partial charge in [-0.2, -0.15) is 0 Å². The van der Waals surface area contributed by atoms with E-state index in [2.05, 4.69) is 17.1 Å². The molecule has 0 spiro atoms. The monoisotopic (exact) mass is 597 g/mol. The molecule has 2 heterocycles. The number of anilines is 1. The number of ketones is 1. The molecule has 1 aliphatic rings. The van der Waals surface area contributed by atoms with E-state index >= 15 is 0 Å². The lowest BCUT2D eigenvalue weighted by atomic mass is 9.95. The summed E-state index contributed by atoms with van der Waals surface area (Å²) in [5.41, 5.74) is 2.59. The molecule has 1 aromatic heterocycles. The molecule has 0 radical (unpaired) electrons. The summed E-state index contributed by atoms with van der Waals surface area (Å²) in [6.45, 7) is 2.70. The molecular formula is C33H31N3O4S2. The molecule has 9 heteroatoms. The van der Waals surface area contributed by atoms with Gasteiger partial charge in [-0.25, -0.2) is 0 Å². The van der Waals surface area contributed by atoms with Crippen molar-refractivity contribution >= 4 is 46.0 Å². The van der Waals surface area contributed by atoms with Crippen LogP contribution in [0.15, 0.2) is 107 Å². The SMILES string of the molecule is CCCCCOc1cccc(C2C(C(=O)/C=C/c3ccccc3)=C(O)C(=O)N2c2nnc(SCc3ccccc3)s2)c1. The van der Waals surface area contributed by atoms with E-state index < -0.39 is 23.5 Å². The highest BCUT2D eigenvalue weighted by Crippen LogP contribution is 2.44. The number of hydrogen-bond acceptors (Lipinski definition) is 8. The molecule has 1 unspecified atom stereocenters. The number of aliphatic hydroxyl groups excluding tert-OH is 1. The number of nitrogens with zero attached hydrogens (tertiary/aromatic N) is 3. The van der Waals surface area contributed by atoms with E-state index in [1.165, 1.54) is 34.1 Å². The number of amides is 1. The fourth-order valence-corrected chi connectivity index (χ4v) is 6.41. The predicted molar refractivity (Wildman–Crippen MR) is 168 cm³/mol. The topological polar surface area (TPSA) is 92.6 Å². The van der Waals surface area contributed by atoms with Crippen LogP contribution in [0.1, 0.15) is 48.9 Å². The van der Waals surface area contributed by atoms with Crippen molar-refractivity contribution in [3.05, 3.63) is 119 Å².